The van der Waals surface area contributed by atoms with Gasteiger partial charge in [-0.15, -0.1) is 0 Å². The molecule has 246 valence electrons. The zero-order valence-electron chi connectivity index (χ0n) is 26.3. The molecule has 1 atom stereocenters. The van der Waals surface area contributed by atoms with Crippen molar-refractivity contribution in [3.8, 4) is 0 Å². The molecule has 0 saturated heterocycles. The molecule has 1 aliphatic carbocycles. The van der Waals surface area contributed by atoms with Gasteiger partial charge in [-0.1, -0.05) is 115 Å². The summed E-state index contributed by atoms with van der Waals surface area (Å²) in [5.41, 5.74) is 2.51. The fraction of sp³-hybridized carbons (Fsp3) is 0.297. The minimum Gasteiger partial charge on any atom is -0.352 e. The summed E-state index contributed by atoms with van der Waals surface area (Å²) in [4.78, 5) is 30.4. The van der Waals surface area contributed by atoms with Crippen LogP contribution in [0.3, 0.4) is 0 Å². The lowest BCUT2D eigenvalue weighted by Gasteiger charge is -2.35. The van der Waals surface area contributed by atoms with E-state index in [9.17, 15) is 18.0 Å². The Morgan fingerprint density at radius 1 is 0.851 bits per heavy atom. The molecule has 5 rings (SSSR count). The largest absolute Gasteiger partial charge is 0.352 e. The van der Waals surface area contributed by atoms with Crippen LogP contribution in [0, 0.1) is 6.92 Å². The van der Waals surface area contributed by atoms with Crippen molar-refractivity contribution in [1.82, 2.24) is 10.2 Å². The SMILES string of the molecule is Cc1ccccc1N(CC(=O)N(Cc1ccc(Cl)cc1Cl)C(Cc1ccccc1)C(=O)NC1CCCCC1)S(=O)(=O)c1ccccc1. The number of halogens is 2. The number of hydrogen-bond donors (Lipinski definition) is 1. The molecule has 0 spiro atoms. The van der Waals surface area contributed by atoms with E-state index in [1.54, 1.807) is 61.5 Å². The standard InChI is InChI=1S/C37H39Cl2N3O4S/c1-27-13-11-12-20-34(27)42(47(45,46)32-18-9-4-10-19-32)26-36(43)41(25-29-21-22-30(38)24-33(29)39)35(23-28-14-5-2-6-15-28)37(44)40-31-16-7-3-8-17-31/h2,4-6,9-15,18-22,24,31,35H,3,7-8,16-17,23,25-26H2,1H3,(H,40,44). The van der Waals surface area contributed by atoms with E-state index in [4.69, 9.17) is 23.2 Å². The maximum absolute atomic E-state index is 14.7. The molecule has 47 heavy (non-hydrogen) atoms. The number of carbonyl (C=O) groups excluding carboxylic acids is 2. The Hall–Kier alpha value is -3.85. The zero-order chi connectivity index (χ0) is 33.4. The number of aryl methyl sites for hydroxylation is 1. The molecule has 4 aromatic rings. The van der Waals surface area contributed by atoms with Crippen LogP contribution in [0.2, 0.25) is 10.0 Å². The van der Waals surface area contributed by atoms with Crippen molar-refractivity contribution in [2.45, 2.75) is 69.0 Å². The third-order valence-corrected chi connectivity index (χ3v) is 10.9. The van der Waals surface area contributed by atoms with E-state index in [0.29, 0.717) is 26.9 Å². The third kappa shape index (κ3) is 8.74. The highest BCUT2D eigenvalue weighted by atomic mass is 35.5. The van der Waals surface area contributed by atoms with Crippen LogP contribution in [0.5, 0.6) is 0 Å². The predicted octanol–water partition coefficient (Wildman–Crippen LogP) is 7.59. The molecule has 1 aliphatic rings. The monoisotopic (exact) mass is 691 g/mol. The van der Waals surface area contributed by atoms with E-state index in [0.717, 1.165) is 42.0 Å². The lowest BCUT2D eigenvalue weighted by Crippen LogP contribution is -2.55. The summed E-state index contributed by atoms with van der Waals surface area (Å²) in [7, 11) is -4.18. The van der Waals surface area contributed by atoms with Gasteiger partial charge < -0.3 is 10.2 Å². The maximum atomic E-state index is 14.7. The van der Waals surface area contributed by atoms with Crippen molar-refractivity contribution >= 4 is 50.7 Å². The quantitative estimate of drug-likeness (QED) is 0.166. The molecule has 1 saturated carbocycles. The lowest BCUT2D eigenvalue weighted by atomic mass is 9.94. The molecule has 10 heteroatoms. The van der Waals surface area contributed by atoms with Gasteiger partial charge in [-0.25, -0.2) is 8.42 Å². The average Bonchev–Trinajstić information content (AvgIpc) is 3.07. The first-order valence-electron chi connectivity index (χ1n) is 15.8. The van der Waals surface area contributed by atoms with Crippen molar-refractivity contribution in [3.63, 3.8) is 0 Å². The van der Waals surface area contributed by atoms with Crippen LogP contribution in [0.4, 0.5) is 5.69 Å². The Kier molecular flexibility index (Phi) is 11.6. The zero-order valence-corrected chi connectivity index (χ0v) is 28.6. The summed E-state index contributed by atoms with van der Waals surface area (Å²) in [5, 5.41) is 3.99. The first-order chi connectivity index (χ1) is 22.6. The van der Waals surface area contributed by atoms with Crippen LogP contribution in [0.15, 0.2) is 108 Å². The number of rotatable bonds is 12. The van der Waals surface area contributed by atoms with Crippen molar-refractivity contribution in [1.29, 1.82) is 0 Å². The number of anilines is 1. The van der Waals surface area contributed by atoms with Gasteiger partial charge in [0, 0.05) is 29.1 Å². The molecule has 0 radical (unpaired) electrons. The second-order valence-electron chi connectivity index (χ2n) is 11.9. The van der Waals surface area contributed by atoms with Crippen LogP contribution in [-0.2, 0) is 32.6 Å². The molecule has 4 aromatic carbocycles. The molecule has 2 amide bonds. The van der Waals surface area contributed by atoms with Crippen molar-refractivity contribution < 1.29 is 18.0 Å². The second-order valence-corrected chi connectivity index (χ2v) is 14.6. The van der Waals surface area contributed by atoms with Gasteiger partial charge in [0.2, 0.25) is 11.8 Å². The van der Waals surface area contributed by atoms with E-state index >= 15 is 0 Å². The minimum atomic E-state index is -4.18. The third-order valence-electron chi connectivity index (χ3n) is 8.57. The molecule has 1 N–H and O–H groups in total. The van der Waals surface area contributed by atoms with E-state index in [-0.39, 0.29) is 29.8 Å². The van der Waals surface area contributed by atoms with Gasteiger partial charge in [-0.05, 0) is 66.8 Å². The van der Waals surface area contributed by atoms with Gasteiger partial charge in [0.25, 0.3) is 10.0 Å². The van der Waals surface area contributed by atoms with E-state index in [1.807, 2.05) is 36.4 Å². The van der Waals surface area contributed by atoms with Crippen LogP contribution in [0.1, 0.15) is 48.8 Å². The number of para-hydroxylation sites is 1. The Balaban J connectivity index is 1.58. The Morgan fingerprint density at radius 3 is 2.15 bits per heavy atom. The van der Waals surface area contributed by atoms with Crippen LogP contribution in [-0.4, -0.2) is 43.8 Å². The predicted molar refractivity (Wildman–Crippen MR) is 188 cm³/mol. The van der Waals surface area contributed by atoms with Crippen molar-refractivity contribution in [2.24, 2.45) is 0 Å². The number of nitrogens with zero attached hydrogens (tertiary/aromatic N) is 2. The number of hydrogen-bond acceptors (Lipinski definition) is 4. The molecular weight excluding hydrogens is 653 g/mol. The average molecular weight is 693 g/mol. The first-order valence-corrected chi connectivity index (χ1v) is 18.0. The summed E-state index contributed by atoms with van der Waals surface area (Å²) >= 11 is 12.8. The van der Waals surface area contributed by atoms with E-state index < -0.39 is 28.5 Å². The van der Waals surface area contributed by atoms with Gasteiger partial charge in [-0.2, -0.15) is 0 Å². The molecule has 1 unspecified atom stereocenters. The topological polar surface area (TPSA) is 86.8 Å². The van der Waals surface area contributed by atoms with Gasteiger partial charge in [-0.3, -0.25) is 13.9 Å². The number of nitrogens with one attached hydrogen (secondary N) is 1. The van der Waals surface area contributed by atoms with E-state index in [2.05, 4.69) is 5.32 Å². The minimum absolute atomic E-state index is 0.00696. The van der Waals surface area contributed by atoms with Crippen LogP contribution in [0.25, 0.3) is 0 Å². The first kappa shape index (κ1) is 34.5. The Bertz CT molecular complexity index is 1780. The van der Waals surface area contributed by atoms with Crippen LogP contribution >= 0.6 is 23.2 Å². The Labute approximate surface area is 287 Å². The van der Waals surface area contributed by atoms with Gasteiger partial charge in [0.05, 0.1) is 10.6 Å². The van der Waals surface area contributed by atoms with Gasteiger partial charge in [0.1, 0.15) is 12.6 Å². The summed E-state index contributed by atoms with van der Waals surface area (Å²) in [6.07, 6.45) is 5.16. The molecule has 7 nitrogen and oxygen atoms in total. The van der Waals surface area contributed by atoms with Crippen molar-refractivity contribution in [2.75, 3.05) is 10.8 Å². The normalized spacial score (nSPS) is 14.3. The van der Waals surface area contributed by atoms with Crippen molar-refractivity contribution in [3.05, 3.63) is 130 Å². The summed E-state index contributed by atoms with van der Waals surface area (Å²) in [6, 6.07) is 28.6. The number of sulfonamides is 1. The Morgan fingerprint density at radius 2 is 1.49 bits per heavy atom. The highest BCUT2D eigenvalue weighted by molar-refractivity contribution is 7.92. The number of amides is 2. The van der Waals surface area contributed by atoms with Gasteiger partial charge in [0.15, 0.2) is 0 Å². The fourth-order valence-corrected chi connectivity index (χ4v) is 7.98. The summed E-state index contributed by atoms with van der Waals surface area (Å²) < 4.78 is 29.5. The molecule has 0 heterocycles. The molecule has 1 fully saturated rings. The molecule has 0 aromatic heterocycles. The smallest absolute Gasteiger partial charge is 0.264 e. The highest BCUT2D eigenvalue weighted by Gasteiger charge is 2.36. The molecular formula is C37H39Cl2N3O4S. The van der Waals surface area contributed by atoms with Crippen LogP contribution < -0.4 is 9.62 Å². The molecule has 0 aliphatic heterocycles. The second kappa shape index (κ2) is 15.8. The summed E-state index contributed by atoms with van der Waals surface area (Å²) in [5.74, 6) is -0.828. The summed E-state index contributed by atoms with van der Waals surface area (Å²) in [6.45, 7) is 1.24. The van der Waals surface area contributed by atoms with Gasteiger partial charge >= 0.3 is 0 Å². The fourth-order valence-electron chi connectivity index (χ4n) is 6.01. The van der Waals surface area contributed by atoms with E-state index in [1.165, 1.54) is 17.0 Å². The lowest BCUT2D eigenvalue weighted by molar-refractivity contribution is -0.140. The maximum Gasteiger partial charge on any atom is 0.264 e. The number of carbonyl (C=O) groups is 2. The number of benzene rings is 4. The molecule has 0 bridgehead atoms. The highest BCUT2D eigenvalue weighted by Crippen LogP contribution is 2.29.